The highest BCUT2D eigenvalue weighted by Crippen LogP contribution is 1.92. The van der Waals surface area contributed by atoms with Crippen molar-refractivity contribution in [1.82, 2.24) is 0 Å². The van der Waals surface area contributed by atoms with Gasteiger partial charge in [-0.05, 0) is 22.5 Å². The van der Waals surface area contributed by atoms with Gasteiger partial charge in [-0.1, -0.05) is 6.55 Å². The molecule has 0 aliphatic rings. The molecular formula is C9H9O2Si. The van der Waals surface area contributed by atoms with Crippen molar-refractivity contribution in [2.24, 2.45) is 0 Å². The third kappa shape index (κ3) is 1.23. The van der Waals surface area contributed by atoms with Crippen molar-refractivity contribution in [2.45, 2.75) is 6.55 Å². The molecule has 0 saturated carbocycles. The molecule has 0 spiro atoms. The van der Waals surface area contributed by atoms with E-state index in [-0.39, 0.29) is 0 Å². The van der Waals surface area contributed by atoms with Crippen LogP contribution in [0, 0.1) is 0 Å². The van der Waals surface area contributed by atoms with Gasteiger partial charge in [0, 0.05) is 0 Å². The molecule has 0 N–H and O–H groups in total. The summed E-state index contributed by atoms with van der Waals surface area (Å²) in [5.41, 5.74) is 0. The molecule has 0 aromatic carbocycles. The van der Waals surface area contributed by atoms with Gasteiger partial charge < -0.3 is 8.83 Å². The van der Waals surface area contributed by atoms with Crippen molar-refractivity contribution in [2.75, 3.05) is 0 Å². The lowest BCUT2D eigenvalue weighted by atomic mass is 10.6. The monoisotopic (exact) mass is 177 g/mol. The first kappa shape index (κ1) is 7.43. The normalized spacial score (nSPS) is 10.8. The Morgan fingerprint density at radius 1 is 1.00 bits per heavy atom. The van der Waals surface area contributed by atoms with Crippen LogP contribution in [0.1, 0.15) is 0 Å². The van der Waals surface area contributed by atoms with Crippen LogP contribution in [-0.4, -0.2) is 8.80 Å². The first-order valence-electron chi connectivity index (χ1n) is 3.76. The largest absolute Gasteiger partial charge is 0.473 e. The molecule has 0 unspecified atom stereocenters. The SMILES string of the molecule is C[Si](c1ccoc1)c1ccoc1. The summed E-state index contributed by atoms with van der Waals surface area (Å²) in [7, 11) is -0.646. The average Bonchev–Trinajstić information content (AvgIpc) is 2.77. The van der Waals surface area contributed by atoms with Gasteiger partial charge >= 0.3 is 0 Å². The van der Waals surface area contributed by atoms with Crippen LogP contribution in [0.15, 0.2) is 46.0 Å². The van der Waals surface area contributed by atoms with Crippen molar-refractivity contribution in [3.63, 3.8) is 0 Å². The topological polar surface area (TPSA) is 26.3 Å². The Labute approximate surface area is 72.4 Å². The third-order valence-electron chi connectivity index (χ3n) is 1.91. The quantitative estimate of drug-likeness (QED) is 0.642. The van der Waals surface area contributed by atoms with Gasteiger partial charge in [-0.25, -0.2) is 0 Å². The second-order valence-electron chi connectivity index (χ2n) is 2.65. The number of hydrogen-bond donors (Lipinski definition) is 0. The highest BCUT2D eigenvalue weighted by Gasteiger charge is 2.12. The molecular weight excluding hydrogens is 168 g/mol. The Kier molecular flexibility index (Phi) is 1.87. The maximum absolute atomic E-state index is 5.03. The van der Waals surface area contributed by atoms with Crippen molar-refractivity contribution < 1.29 is 8.83 Å². The molecule has 61 valence electrons. The van der Waals surface area contributed by atoms with Crippen LogP contribution < -0.4 is 10.4 Å². The van der Waals surface area contributed by atoms with E-state index in [0.717, 1.165) is 0 Å². The molecule has 0 aliphatic heterocycles. The molecule has 0 atom stereocenters. The predicted octanol–water partition coefficient (Wildman–Crippen LogP) is 1.11. The number of rotatable bonds is 2. The zero-order chi connectivity index (χ0) is 8.39. The molecule has 0 fully saturated rings. The smallest absolute Gasteiger partial charge is 0.126 e. The summed E-state index contributed by atoms with van der Waals surface area (Å²) in [5.74, 6) is 0. The second-order valence-corrected chi connectivity index (χ2v) is 5.05. The first-order chi connectivity index (χ1) is 5.88. The molecule has 0 aliphatic carbocycles. The molecule has 2 aromatic rings. The number of hydrogen-bond acceptors (Lipinski definition) is 2. The fourth-order valence-electron chi connectivity index (χ4n) is 1.12. The Bertz CT molecular complexity index is 289. The fourth-order valence-corrected chi connectivity index (χ4v) is 2.58. The van der Waals surface area contributed by atoms with Gasteiger partial charge in [0.2, 0.25) is 0 Å². The Morgan fingerprint density at radius 2 is 1.50 bits per heavy atom. The van der Waals surface area contributed by atoms with Crippen LogP contribution in [0.4, 0.5) is 0 Å². The molecule has 2 heterocycles. The molecule has 2 rings (SSSR count). The van der Waals surface area contributed by atoms with E-state index < -0.39 is 8.80 Å². The molecule has 12 heavy (non-hydrogen) atoms. The van der Waals surface area contributed by atoms with Crippen LogP contribution in [0.25, 0.3) is 0 Å². The van der Waals surface area contributed by atoms with E-state index in [1.165, 1.54) is 10.4 Å². The molecule has 0 saturated heterocycles. The first-order valence-corrected chi connectivity index (χ1v) is 5.76. The van der Waals surface area contributed by atoms with Gasteiger partial charge in [0.05, 0.1) is 25.1 Å². The molecule has 2 nitrogen and oxygen atoms in total. The van der Waals surface area contributed by atoms with Crippen LogP contribution >= 0.6 is 0 Å². The van der Waals surface area contributed by atoms with E-state index in [1.54, 1.807) is 25.1 Å². The summed E-state index contributed by atoms with van der Waals surface area (Å²) in [4.78, 5) is 0. The summed E-state index contributed by atoms with van der Waals surface area (Å²) < 4.78 is 10.1. The van der Waals surface area contributed by atoms with Crippen molar-refractivity contribution in [1.29, 1.82) is 0 Å². The maximum atomic E-state index is 5.03. The van der Waals surface area contributed by atoms with E-state index in [4.69, 9.17) is 8.83 Å². The van der Waals surface area contributed by atoms with Crippen LogP contribution in [0.5, 0.6) is 0 Å². The van der Waals surface area contributed by atoms with Gasteiger partial charge in [-0.2, -0.15) is 0 Å². The molecule has 1 radical (unpaired) electrons. The van der Waals surface area contributed by atoms with E-state index in [9.17, 15) is 0 Å². The van der Waals surface area contributed by atoms with Gasteiger partial charge in [-0.15, -0.1) is 0 Å². The van der Waals surface area contributed by atoms with Gasteiger partial charge in [0.1, 0.15) is 8.80 Å². The minimum atomic E-state index is -0.646. The summed E-state index contributed by atoms with van der Waals surface area (Å²) in [6.45, 7) is 2.22. The third-order valence-corrected chi connectivity index (χ3v) is 4.21. The van der Waals surface area contributed by atoms with E-state index in [1.807, 2.05) is 12.1 Å². The van der Waals surface area contributed by atoms with Crippen LogP contribution in [-0.2, 0) is 0 Å². The highest BCUT2D eigenvalue weighted by atomic mass is 28.3. The zero-order valence-corrected chi connectivity index (χ0v) is 7.78. The summed E-state index contributed by atoms with van der Waals surface area (Å²) in [6.07, 6.45) is 7.04. The minimum absolute atomic E-state index is 0.646. The second kappa shape index (κ2) is 3.03. The number of furan rings is 2. The Morgan fingerprint density at radius 3 is 1.83 bits per heavy atom. The average molecular weight is 177 g/mol. The van der Waals surface area contributed by atoms with Crippen molar-refractivity contribution in [3.05, 3.63) is 37.2 Å². The minimum Gasteiger partial charge on any atom is -0.473 e. The Hall–Kier alpha value is -1.22. The maximum Gasteiger partial charge on any atom is 0.126 e. The summed E-state index contributed by atoms with van der Waals surface area (Å²) in [5, 5.41) is 2.56. The lowest BCUT2D eigenvalue weighted by Crippen LogP contribution is -2.37. The van der Waals surface area contributed by atoms with Crippen molar-refractivity contribution in [3.8, 4) is 0 Å². The fraction of sp³-hybridized carbons (Fsp3) is 0.111. The molecule has 2 aromatic heterocycles. The van der Waals surface area contributed by atoms with Gasteiger partial charge in [-0.3, -0.25) is 0 Å². The van der Waals surface area contributed by atoms with Crippen LogP contribution in [0.3, 0.4) is 0 Å². The summed E-state index contributed by atoms with van der Waals surface area (Å²) >= 11 is 0. The van der Waals surface area contributed by atoms with Crippen molar-refractivity contribution >= 4 is 19.2 Å². The van der Waals surface area contributed by atoms with E-state index >= 15 is 0 Å². The van der Waals surface area contributed by atoms with E-state index in [2.05, 4.69) is 6.55 Å². The lowest BCUT2D eigenvalue weighted by Gasteiger charge is -2.00. The summed E-state index contributed by atoms with van der Waals surface area (Å²) in [6, 6.07) is 4.03. The van der Waals surface area contributed by atoms with Gasteiger partial charge in [0.25, 0.3) is 0 Å². The Balaban J connectivity index is 2.27. The standard InChI is InChI=1S/C9H9O2Si/c1-12(8-2-4-10-6-8)9-3-5-11-7-9/h2-7H,1H3. The van der Waals surface area contributed by atoms with Crippen LogP contribution in [0.2, 0.25) is 6.55 Å². The molecule has 3 heteroatoms. The zero-order valence-electron chi connectivity index (χ0n) is 6.78. The van der Waals surface area contributed by atoms with Gasteiger partial charge in [0.15, 0.2) is 0 Å². The highest BCUT2D eigenvalue weighted by molar-refractivity contribution is 6.84. The van der Waals surface area contributed by atoms with E-state index in [0.29, 0.717) is 0 Å². The lowest BCUT2D eigenvalue weighted by molar-refractivity contribution is 0.568. The molecule has 0 bridgehead atoms. The predicted molar refractivity (Wildman–Crippen MR) is 48.3 cm³/mol. The molecule has 0 amide bonds.